The largest absolute Gasteiger partial charge is 0.492 e. The van der Waals surface area contributed by atoms with Crippen LogP contribution in [0.5, 0.6) is 5.75 Å². The van der Waals surface area contributed by atoms with Gasteiger partial charge in [-0.15, -0.1) is 0 Å². The van der Waals surface area contributed by atoms with Gasteiger partial charge >= 0.3 is 0 Å². The lowest BCUT2D eigenvalue weighted by Crippen LogP contribution is -2.17. The van der Waals surface area contributed by atoms with E-state index in [0.717, 1.165) is 12.1 Å². The monoisotopic (exact) mass is 376 g/mol. The van der Waals surface area contributed by atoms with Crippen LogP contribution < -0.4 is 15.4 Å². The molecule has 1 aromatic heterocycles. The molecule has 0 saturated heterocycles. The summed E-state index contributed by atoms with van der Waals surface area (Å²) in [6.45, 7) is 4.95. The Bertz CT molecular complexity index is 929. The number of rotatable bonds is 8. The highest BCUT2D eigenvalue weighted by Crippen LogP contribution is 2.24. The molecule has 3 rings (SSSR count). The second-order valence-corrected chi connectivity index (χ2v) is 6.26. The fourth-order valence-electron chi connectivity index (χ4n) is 2.76. The molecule has 6 nitrogen and oxygen atoms in total. The van der Waals surface area contributed by atoms with Crippen molar-refractivity contribution in [2.45, 2.75) is 20.3 Å². The first-order chi connectivity index (χ1) is 13.7. The highest BCUT2D eigenvalue weighted by atomic mass is 16.5. The van der Waals surface area contributed by atoms with Crippen molar-refractivity contribution in [3.8, 4) is 5.75 Å². The number of carbonyl (C=O) groups is 1. The lowest BCUT2D eigenvalue weighted by Gasteiger charge is -2.12. The number of ether oxygens (including phenoxy) is 1. The number of nitrogens with zero attached hydrogens (tertiary/aromatic N) is 2. The number of aromatic nitrogens is 2. The first kappa shape index (κ1) is 19.4. The summed E-state index contributed by atoms with van der Waals surface area (Å²) in [5.74, 6) is 0.772. The molecule has 0 bridgehead atoms. The molecular formula is C22H24N4O2. The molecule has 0 atom stereocenters. The number of amides is 1. The number of para-hydroxylation sites is 2. The van der Waals surface area contributed by atoms with Crippen molar-refractivity contribution in [2.24, 2.45) is 0 Å². The van der Waals surface area contributed by atoms with Gasteiger partial charge in [-0.25, -0.2) is 9.97 Å². The summed E-state index contributed by atoms with van der Waals surface area (Å²) in [5, 5.41) is 6.06. The standard InChI is InChI=1S/C22H24N4O2/c1-3-28-20-12-8-7-11-18(20)25-21(27)19-15-16(2)24-22(26-19)23-14-13-17-9-5-4-6-10-17/h4-12,15H,3,13-14H2,1-2H3,(H,25,27)(H,23,24,26). The van der Waals surface area contributed by atoms with E-state index in [1.807, 2.05) is 50.2 Å². The maximum absolute atomic E-state index is 12.7. The molecular weight excluding hydrogens is 352 g/mol. The van der Waals surface area contributed by atoms with Gasteiger partial charge in [0.15, 0.2) is 0 Å². The summed E-state index contributed by atoms with van der Waals surface area (Å²) in [7, 11) is 0. The Kier molecular flexibility index (Phi) is 6.57. The van der Waals surface area contributed by atoms with Gasteiger partial charge in [-0.05, 0) is 44.0 Å². The fraction of sp³-hybridized carbons (Fsp3) is 0.227. The van der Waals surface area contributed by atoms with Crippen LogP contribution in [0.3, 0.4) is 0 Å². The molecule has 144 valence electrons. The van der Waals surface area contributed by atoms with Gasteiger partial charge in [-0.2, -0.15) is 0 Å². The van der Waals surface area contributed by atoms with Gasteiger partial charge in [-0.3, -0.25) is 4.79 Å². The summed E-state index contributed by atoms with van der Waals surface area (Å²) in [6.07, 6.45) is 0.849. The van der Waals surface area contributed by atoms with E-state index >= 15 is 0 Å². The highest BCUT2D eigenvalue weighted by molar-refractivity contribution is 6.03. The lowest BCUT2D eigenvalue weighted by atomic mass is 10.1. The SMILES string of the molecule is CCOc1ccccc1NC(=O)c1cc(C)nc(NCCc2ccccc2)n1. The lowest BCUT2D eigenvalue weighted by molar-refractivity contribution is 0.102. The smallest absolute Gasteiger partial charge is 0.274 e. The third kappa shape index (κ3) is 5.30. The van der Waals surface area contributed by atoms with E-state index in [-0.39, 0.29) is 5.91 Å². The van der Waals surface area contributed by atoms with Crippen LogP contribution in [0.15, 0.2) is 60.7 Å². The average Bonchev–Trinajstić information content (AvgIpc) is 2.70. The zero-order valence-corrected chi connectivity index (χ0v) is 16.1. The molecule has 0 radical (unpaired) electrons. The second-order valence-electron chi connectivity index (χ2n) is 6.26. The first-order valence-corrected chi connectivity index (χ1v) is 9.32. The van der Waals surface area contributed by atoms with Crippen LogP contribution in [0, 0.1) is 6.92 Å². The summed E-state index contributed by atoms with van der Waals surface area (Å²) in [6, 6.07) is 19.2. The van der Waals surface area contributed by atoms with Gasteiger partial charge in [-0.1, -0.05) is 42.5 Å². The molecule has 2 N–H and O–H groups in total. The summed E-state index contributed by atoms with van der Waals surface area (Å²) in [5.41, 5.74) is 2.87. The number of hydrogen-bond acceptors (Lipinski definition) is 5. The molecule has 2 aromatic carbocycles. The maximum atomic E-state index is 12.7. The van der Waals surface area contributed by atoms with Gasteiger partial charge in [0.2, 0.25) is 5.95 Å². The summed E-state index contributed by atoms with van der Waals surface area (Å²) >= 11 is 0. The second kappa shape index (κ2) is 9.50. The Balaban J connectivity index is 1.67. The fourth-order valence-corrected chi connectivity index (χ4v) is 2.76. The van der Waals surface area contributed by atoms with Crippen molar-refractivity contribution < 1.29 is 9.53 Å². The third-order valence-corrected chi connectivity index (χ3v) is 4.06. The van der Waals surface area contributed by atoms with Crippen molar-refractivity contribution in [2.75, 3.05) is 23.8 Å². The first-order valence-electron chi connectivity index (χ1n) is 9.32. The maximum Gasteiger partial charge on any atom is 0.274 e. The predicted molar refractivity (Wildman–Crippen MR) is 111 cm³/mol. The van der Waals surface area contributed by atoms with Crippen LogP contribution in [0.1, 0.15) is 28.7 Å². The quantitative estimate of drug-likeness (QED) is 0.619. The van der Waals surface area contributed by atoms with Crippen LogP contribution in [-0.2, 0) is 6.42 Å². The summed E-state index contributed by atoms with van der Waals surface area (Å²) < 4.78 is 5.56. The van der Waals surface area contributed by atoms with Crippen LogP contribution in [0.2, 0.25) is 0 Å². The Hall–Kier alpha value is -3.41. The molecule has 1 heterocycles. The highest BCUT2D eigenvalue weighted by Gasteiger charge is 2.13. The molecule has 0 aliphatic rings. The normalized spacial score (nSPS) is 10.4. The van der Waals surface area contributed by atoms with Gasteiger partial charge in [0.25, 0.3) is 5.91 Å². The van der Waals surface area contributed by atoms with E-state index in [9.17, 15) is 4.79 Å². The van der Waals surface area contributed by atoms with Crippen LogP contribution in [0.4, 0.5) is 11.6 Å². The Labute approximate surface area is 165 Å². The molecule has 1 amide bonds. The van der Waals surface area contributed by atoms with E-state index in [1.54, 1.807) is 12.1 Å². The number of carbonyl (C=O) groups excluding carboxylic acids is 1. The Morgan fingerprint density at radius 3 is 2.57 bits per heavy atom. The molecule has 0 aliphatic heterocycles. The van der Waals surface area contributed by atoms with Crippen LogP contribution in [0.25, 0.3) is 0 Å². The van der Waals surface area contributed by atoms with Gasteiger partial charge < -0.3 is 15.4 Å². The van der Waals surface area contributed by atoms with Crippen molar-refractivity contribution in [1.82, 2.24) is 9.97 Å². The van der Waals surface area contributed by atoms with Crippen molar-refractivity contribution >= 4 is 17.5 Å². The van der Waals surface area contributed by atoms with Gasteiger partial charge in [0.1, 0.15) is 11.4 Å². The molecule has 3 aromatic rings. The van der Waals surface area contributed by atoms with E-state index < -0.39 is 0 Å². The Morgan fingerprint density at radius 2 is 1.79 bits per heavy atom. The van der Waals surface area contributed by atoms with Gasteiger partial charge in [0, 0.05) is 12.2 Å². The molecule has 28 heavy (non-hydrogen) atoms. The van der Waals surface area contributed by atoms with E-state index in [0.29, 0.717) is 36.2 Å². The molecule has 0 fully saturated rings. The third-order valence-electron chi connectivity index (χ3n) is 4.06. The van der Waals surface area contributed by atoms with E-state index in [1.165, 1.54) is 5.56 Å². The number of aryl methyl sites for hydroxylation is 1. The Morgan fingerprint density at radius 1 is 1.04 bits per heavy atom. The minimum Gasteiger partial charge on any atom is -0.492 e. The molecule has 0 saturated carbocycles. The number of anilines is 2. The molecule has 0 unspecified atom stereocenters. The zero-order chi connectivity index (χ0) is 19.8. The zero-order valence-electron chi connectivity index (χ0n) is 16.1. The van der Waals surface area contributed by atoms with E-state index in [2.05, 4.69) is 32.7 Å². The van der Waals surface area contributed by atoms with Gasteiger partial charge in [0.05, 0.1) is 12.3 Å². The van der Waals surface area contributed by atoms with E-state index in [4.69, 9.17) is 4.74 Å². The topological polar surface area (TPSA) is 76.1 Å². The molecule has 0 spiro atoms. The number of benzene rings is 2. The predicted octanol–water partition coefficient (Wildman–Crippen LogP) is 4.09. The van der Waals surface area contributed by atoms with Crippen molar-refractivity contribution in [1.29, 1.82) is 0 Å². The number of hydrogen-bond donors (Lipinski definition) is 2. The minimum atomic E-state index is -0.302. The average molecular weight is 376 g/mol. The van der Waals surface area contributed by atoms with Crippen LogP contribution >= 0.6 is 0 Å². The van der Waals surface area contributed by atoms with Crippen LogP contribution in [-0.4, -0.2) is 29.0 Å². The minimum absolute atomic E-state index is 0.302. The molecule has 6 heteroatoms. The molecule has 0 aliphatic carbocycles. The number of nitrogens with one attached hydrogen (secondary N) is 2. The summed E-state index contributed by atoms with van der Waals surface area (Å²) in [4.78, 5) is 21.4. The van der Waals surface area contributed by atoms with Crippen molar-refractivity contribution in [3.63, 3.8) is 0 Å². The van der Waals surface area contributed by atoms with Crippen molar-refractivity contribution in [3.05, 3.63) is 77.6 Å².